The van der Waals surface area contributed by atoms with Gasteiger partial charge < -0.3 is 14.8 Å². The number of piperidine rings is 1. The number of nitrogens with zero attached hydrogens (tertiary/aromatic N) is 3. The van der Waals surface area contributed by atoms with E-state index in [9.17, 15) is 9.59 Å². The first-order chi connectivity index (χ1) is 12.1. The van der Waals surface area contributed by atoms with Crippen molar-refractivity contribution >= 4 is 22.8 Å². The van der Waals surface area contributed by atoms with Crippen LogP contribution < -0.4 is 0 Å². The third-order valence-electron chi connectivity index (χ3n) is 5.47. The summed E-state index contributed by atoms with van der Waals surface area (Å²) in [4.78, 5) is 36.5. The minimum absolute atomic E-state index is 0.00157. The first-order valence-corrected chi connectivity index (χ1v) is 9.14. The number of amides is 2. The second-order valence-electron chi connectivity index (χ2n) is 7.13. The minimum atomic E-state index is -0.271. The SMILES string of the molecule is CC(=O)N1CCC[C@@H]1C(=O)N1CCC[C@H](c2nc3ccccc3[nH]2)C1. The molecule has 1 aromatic heterocycles. The number of fused-ring (bicyclic) bond motifs is 1. The van der Waals surface area contributed by atoms with Crippen LogP contribution in [0.3, 0.4) is 0 Å². The maximum absolute atomic E-state index is 13.0. The molecule has 1 aromatic carbocycles. The van der Waals surface area contributed by atoms with Crippen molar-refractivity contribution in [3.05, 3.63) is 30.1 Å². The molecule has 1 N–H and O–H groups in total. The van der Waals surface area contributed by atoms with Crippen molar-refractivity contribution < 1.29 is 9.59 Å². The number of hydrogen-bond donors (Lipinski definition) is 1. The summed E-state index contributed by atoms with van der Waals surface area (Å²) in [5.41, 5.74) is 2.01. The van der Waals surface area contributed by atoms with Crippen molar-refractivity contribution in [2.24, 2.45) is 0 Å². The number of rotatable bonds is 2. The van der Waals surface area contributed by atoms with Gasteiger partial charge >= 0.3 is 0 Å². The molecule has 0 unspecified atom stereocenters. The number of likely N-dealkylation sites (tertiary alicyclic amines) is 2. The fourth-order valence-corrected chi connectivity index (χ4v) is 4.18. The molecule has 2 atom stereocenters. The van der Waals surface area contributed by atoms with Crippen molar-refractivity contribution in [3.63, 3.8) is 0 Å². The van der Waals surface area contributed by atoms with Gasteiger partial charge in [-0.15, -0.1) is 0 Å². The number of nitrogens with one attached hydrogen (secondary N) is 1. The van der Waals surface area contributed by atoms with Crippen LogP contribution in [-0.4, -0.2) is 57.3 Å². The molecular weight excluding hydrogens is 316 g/mol. The molecule has 4 rings (SSSR count). The maximum Gasteiger partial charge on any atom is 0.245 e. The topological polar surface area (TPSA) is 69.3 Å². The Labute approximate surface area is 147 Å². The van der Waals surface area contributed by atoms with Crippen LogP contribution in [0, 0.1) is 0 Å². The number of imidazole rings is 1. The monoisotopic (exact) mass is 340 g/mol. The van der Waals surface area contributed by atoms with Gasteiger partial charge in [-0.05, 0) is 37.8 Å². The molecule has 0 aliphatic carbocycles. The fraction of sp³-hybridized carbons (Fsp3) is 0.526. The van der Waals surface area contributed by atoms with Crippen LogP contribution in [0.15, 0.2) is 24.3 Å². The van der Waals surface area contributed by atoms with Gasteiger partial charge in [0.2, 0.25) is 11.8 Å². The summed E-state index contributed by atoms with van der Waals surface area (Å²) in [6.07, 6.45) is 3.70. The van der Waals surface area contributed by atoms with Crippen LogP contribution in [0.5, 0.6) is 0 Å². The first-order valence-electron chi connectivity index (χ1n) is 9.14. The van der Waals surface area contributed by atoms with Gasteiger partial charge in [0.25, 0.3) is 0 Å². The van der Waals surface area contributed by atoms with Crippen molar-refractivity contribution in [3.8, 4) is 0 Å². The Morgan fingerprint density at radius 1 is 1.16 bits per heavy atom. The highest BCUT2D eigenvalue weighted by molar-refractivity contribution is 5.87. The van der Waals surface area contributed by atoms with E-state index in [0.717, 1.165) is 49.1 Å². The van der Waals surface area contributed by atoms with Gasteiger partial charge in [0, 0.05) is 32.5 Å². The second-order valence-corrected chi connectivity index (χ2v) is 7.13. The summed E-state index contributed by atoms with van der Waals surface area (Å²) in [6, 6.07) is 7.75. The number of benzene rings is 1. The molecule has 6 nitrogen and oxygen atoms in total. The summed E-state index contributed by atoms with van der Waals surface area (Å²) in [5.74, 6) is 1.31. The van der Waals surface area contributed by atoms with Crippen LogP contribution in [0.2, 0.25) is 0 Å². The van der Waals surface area contributed by atoms with E-state index >= 15 is 0 Å². The van der Waals surface area contributed by atoms with E-state index in [-0.39, 0.29) is 23.8 Å². The second kappa shape index (κ2) is 6.50. The molecule has 2 aliphatic rings. The third-order valence-corrected chi connectivity index (χ3v) is 5.47. The Balaban J connectivity index is 1.50. The molecule has 132 valence electrons. The Bertz CT molecular complexity index is 767. The van der Waals surface area contributed by atoms with E-state index in [1.165, 1.54) is 0 Å². The van der Waals surface area contributed by atoms with Crippen molar-refractivity contribution in [2.75, 3.05) is 19.6 Å². The average molecular weight is 340 g/mol. The van der Waals surface area contributed by atoms with Crippen LogP contribution in [-0.2, 0) is 9.59 Å². The molecular formula is C19H24N4O2. The lowest BCUT2D eigenvalue weighted by Gasteiger charge is -2.35. The molecule has 2 fully saturated rings. The van der Waals surface area contributed by atoms with Gasteiger partial charge in [-0.3, -0.25) is 9.59 Å². The van der Waals surface area contributed by atoms with Gasteiger partial charge in [-0.1, -0.05) is 12.1 Å². The van der Waals surface area contributed by atoms with Gasteiger partial charge in [0.15, 0.2) is 0 Å². The number of carbonyl (C=O) groups is 2. The molecule has 25 heavy (non-hydrogen) atoms. The lowest BCUT2D eigenvalue weighted by molar-refractivity contribution is -0.143. The molecule has 3 heterocycles. The largest absolute Gasteiger partial charge is 0.342 e. The van der Waals surface area contributed by atoms with E-state index in [1.807, 2.05) is 29.2 Å². The summed E-state index contributed by atoms with van der Waals surface area (Å²) in [6.45, 7) is 3.71. The Hall–Kier alpha value is -2.37. The quantitative estimate of drug-likeness (QED) is 0.912. The van der Waals surface area contributed by atoms with Gasteiger partial charge in [0.05, 0.1) is 11.0 Å². The van der Waals surface area contributed by atoms with Crippen LogP contribution in [0.25, 0.3) is 11.0 Å². The van der Waals surface area contributed by atoms with Crippen molar-refractivity contribution in [1.29, 1.82) is 0 Å². The molecule has 0 spiro atoms. The normalized spacial score (nSPS) is 24.0. The van der Waals surface area contributed by atoms with Crippen LogP contribution >= 0.6 is 0 Å². The van der Waals surface area contributed by atoms with E-state index in [1.54, 1.807) is 11.8 Å². The predicted molar refractivity (Wildman–Crippen MR) is 95.1 cm³/mol. The average Bonchev–Trinajstić information content (AvgIpc) is 3.28. The lowest BCUT2D eigenvalue weighted by atomic mass is 9.96. The standard InChI is InChI=1S/C19H24N4O2/c1-13(24)23-11-5-9-17(23)19(25)22-10-4-6-14(12-22)18-20-15-7-2-3-8-16(15)21-18/h2-3,7-8,14,17H,4-6,9-12H2,1H3,(H,20,21)/t14-,17+/m0/s1. The maximum atomic E-state index is 13.0. The van der Waals surface area contributed by atoms with E-state index in [4.69, 9.17) is 4.98 Å². The van der Waals surface area contributed by atoms with Gasteiger partial charge in [-0.2, -0.15) is 0 Å². The molecule has 0 radical (unpaired) electrons. The van der Waals surface area contributed by atoms with Gasteiger partial charge in [-0.25, -0.2) is 4.98 Å². The summed E-state index contributed by atoms with van der Waals surface area (Å²) < 4.78 is 0. The van der Waals surface area contributed by atoms with Gasteiger partial charge in [0.1, 0.15) is 11.9 Å². The molecule has 6 heteroatoms. The number of aromatic nitrogens is 2. The zero-order chi connectivity index (χ0) is 17.4. The third kappa shape index (κ3) is 3.01. The fourth-order valence-electron chi connectivity index (χ4n) is 4.18. The molecule has 2 amide bonds. The molecule has 0 saturated carbocycles. The minimum Gasteiger partial charge on any atom is -0.342 e. The molecule has 2 aromatic rings. The summed E-state index contributed by atoms with van der Waals surface area (Å²) in [7, 11) is 0. The Morgan fingerprint density at radius 3 is 2.76 bits per heavy atom. The van der Waals surface area contributed by atoms with Crippen LogP contribution in [0.4, 0.5) is 0 Å². The number of para-hydroxylation sites is 2. The molecule has 0 bridgehead atoms. The smallest absolute Gasteiger partial charge is 0.245 e. The van der Waals surface area contributed by atoms with E-state index < -0.39 is 0 Å². The number of H-pyrrole nitrogens is 1. The summed E-state index contributed by atoms with van der Waals surface area (Å²) >= 11 is 0. The zero-order valence-electron chi connectivity index (χ0n) is 14.6. The highest BCUT2D eigenvalue weighted by Gasteiger charge is 2.37. The van der Waals surface area contributed by atoms with E-state index in [2.05, 4.69) is 4.98 Å². The molecule has 2 saturated heterocycles. The Morgan fingerprint density at radius 2 is 1.96 bits per heavy atom. The lowest BCUT2D eigenvalue weighted by Crippen LogP contribution is -2.49. The zero-order valence-corrected chi connectivity index (χ0v) is 14.6. The Kier molecular flexibility index (Phi) is 4.19. The first kappa shape index (κ1) is 16.1. The van der Waals surface area contributed by atoms with Crippen LogP contribution in [0.1, 0.15) is 44.3 Å². The highest BCUT2D eigenvalue weighted by Crippen LogP contribution is 2.28. The van der Waals surface area contributed by atoms with Crippen molar-refractivity contribution in [2.45, 2.75) is 44.6 Å². The molecule has 2 aliphatic heterocycles. The van der Waals surface area contributed by atoms with Crippen molar-refractivity contribution in [1.82, 2.24) is 19.8 Å². The number of aromatic amines is 1. The number of carbonyl (C=O) groups excluding carboxylic acids is 2. The summed E-state index contributed by atoms with van der Waals surface area (Å²) in [5, 5.41) is 0. The predicted octanol–water partition coefficient (Wildman–Crippen LogP) is 2.28. The van der Waals surface area contributed by atoms with E-state index in [0.29, 0.717) is 13.1 Å². The number of hydrogen-bond acceptors (Lipinski definition) is 3. The highest BCUT2D eigenvalue weighted by atomic mass is 16.2.